The van der Waals surface area contributed by atoms with Crippen molar-refractivity contribution in [3.05, 3.63) is 47.5 Å². The van der Waals surface area contributed by atoms with Gasteiger partial charge in [-0.3, -0.25) is 23.7 Å². The lowest BCUT2D eigenvalue weighted by Gasteiger charge is -2.23. The van der Waals surface area contributed by atoms with Crippen molar-refractivity contribution in [2.45, 2.75) is 32.7 Å². The molecule has 1 amide bonds. The number of carboxylic acid groups (broad SMARTS) is 1. The highest BCUT2D eigenvalue weighted by Crippen LogP contribution is 2.32. The van der Waals surface area contributed by atoms with Crippen molar-refractivity contribution in [1.82, 2.24) is 9.88 Å². The van der Waals surface area contributed by atoms with Crippen LogP contribution in [-0.2, 0) is 14.4 Å². The third kappa shape index (κ3) is 5.22. The van der Waals surface area contributed by atoms with Crippen molar-refractivity contribution >= 4 is 57.0 Å². The van der Waals surface area contributed by atoms with Crippen LogP contribution in [0, 0.1) is 11.8 Å². The molecule has 2 N–H and O–H groups in total. The molecule has 1 heterocycles. The summed E-state index contributed by atoms with van der Waals surface area (Å²) in [5.41, 5.74) is 1.31. The molecule has 0 fully saturated rings. The normalized spacial score (nSPS) is 13.2. The minimum absolute atomic E-state index is 0.191. The van der Waals surface area contributed by atoms with E-state index in [2.05, 4.69) is 5.32 Å². The van der Waals surface area contributed by atoms with Crippen LogP contribution < -0.4 is 5.32 Å². The summed E-state index contributed by atoms with van der Waals surface area (Å²) >= 11 is 6.15. The number of aromatic nitrogens is 1. The van der Waals surface area contributed by atoms with E-state index < -0.39 is 42.7 Å². The fourth-order valence-corrected chi connectivity index (χ4v) is 4.09. The predicted octanol–water partition coefficient (Wildman–Crippen LogP) is 4.25. The number of alkyl halides is 1. The third-order valence-corrected chi connectivity index (χ3v) is 5.87. The van der Waals surface area contributed by atoms with Gasteiger partial charge in [-0.25, -0.2) is 4.39 Å². The molecular formula is C24H24ClFN2O5. The largest absolute Gasteiger partial charge is 0.481 e. The third-order valence-electron chi connectivity index (χ3n) is 5.64. The first-order valence-corrected chi connectivity index (χ1v) is 10.8. The van der Waals surface area contributed by atoms with Gasteiger partial charge >= 0.3 is 5.97 Å². The Kier molecular flexibility index (Phi) is 7.48. The molecule has 0 spiro atoms. The Morgan fingerprint density at radius 3 is 2.33 bits per heavy atom. The van der Waals surface area contributed by atoms with E-state index in [0.29, 0.717) is 16.1 Å². The number of amides is 1. The molecule has 3 rings (SSSR count). The lowest BCUT2D eigenvalue weighted by atomic mass is 9.90. The average Bonchev–Trinajstić information content (AvgIpc) is 3.09. The van der Waals surface area contributed by atoms with Crippen LogP contribution in [0.2, 0.25) is 5.02 Å². The van der Waals surface area contributed by atoms with E-state index in [1.54, 1.807) is 44.2 Å². The van der Waals surface area contributed by atoms with Gasteiger partial charge in [-0.2, -0.15) is 0 Å². The van der Waals surface area contributed by atoms with Gasteiger partial charge in [0.05, 0.1) is 17.5 Å². The van der Waals surface area contributed by atoms with Gasteiger partial charge in [0.15, 0.2) is 5.78 Å². The van der Waals surface area contributed by atoms with E-state index >= 15 is 0 Å². The number of para-hydroxylation sites is 1. The van der Waals surface area contributed by atoms with Crippen LogP contribution >= 0.6 is 11.6 Å². The molecular weight excluding hydrogens is 451 g/mol. The molecule has 3 aromatic rings. The number of halogens is 2. The molecule has 0 saturated carbocycles. The standard InChI is InChI=1S/C24H24ClFN2O5/c1-13(2)16(24(33)27-18(11-23(31)32)21(29)12-26)10-22(30)28-19-6-4-3-5-15(19)17-9-14(25)7-8-20(17)28/h3-9,13,16,18H,10-12H2,1-2H3,(H,27,33)(H,31,32). The molecule has 33 heavy (non-hydrogen) atoms. The van der Waals surface area contributed by atoms with E-state index in [4.69, 9.17) is 16.7 Å². The quantitative estimate of drug-likeness (QED) is 0.482. The van der Waals surface area contributed by atoms with Gasteiger partial charge in [-0.1, -0.05) is 43.6 Å². The average molecular weight is 475 g/mol. The molecule has 0 bridgehead atoms. The van der Waals surface area contributed by atoms with Crippen molar-refractivity contribution in [3.8, 4) is 0 Å². The lowest BCUT2D eigenvalue weighted by Crippen LogP contribution is -2.47. The molecule has 2 atom stereocenters. The van der Waals surface area contributed by atoms with Crippen molar-refractivity contribution < 1.29 is 28.7 Å². The van der Waals surface area contributed by atoms with E-state index in [0.717, 1.165) is 10.8 Å². The molecule has 1 aromatic heterocycles. The second-order valence-corrected chi connectivity index (χ2v) is 8.66. The van der Waals surface area contributed by atoms with Crippen molar-refractivity contribution in [2.24, 2.45) is 11.8 Å². The highest BCUT2D eigenvalue weighted by molar-refractivity contribution is 6.32. The number of carbonyl (C=O) groups is 4. The van der Waals surface area contributed by atoms with Gasteiger partial charge in [-0.05, 0) is 30.2 Å². The molecule has 174 valence electrons. The van der Waals surface area contributed by atoms with Crippen LogP contribution in [0.4, 0.5) is 4.39 Å². The van der Waals surface area contributed by atoms with Crippen LogP contribution in [0.15, 0.2) is 42.5 Å². The number of hydrogen-bond donors (Lipinski definition) is 2. The maximum absolute atomic E-state index is 13.4. The second kappa shape index (κ2) is 10.1. The fraction of sp³-hybridized carbons (Fsp3) is 0.333. The number of Topliss-reactive ketones (excluding diaryl/α,β-unsaturated/α-hetero) is 1. The van der Waals surface area contributed by atoms with Crippen molar-refractivity contribution in [3.63, 3.8) is 0 Å². The van der Waals surface area contributed by atoms with Crippen molar-refractivity contribution in [2.75, 3.05) is 6.67 Å². The first kappa shape index (κ1) is 24.4. The van der Waals surface area contributed by atoms with Gasteiger partial charge in [0.25, 0.3) is 0 Å². The number of hydrogen-bond acceptors (Lipinski definition) is 4. The fourth-order valence-electron chi connectivity index (χ4n) is 3.92. The van der Waals surface area contributed by atoms with E-state index in [9.17, 15) is 23.6 Å². The molecule has 0 aliphatic carbocycles. The summed E-state index contributed by atoms with van der Waals surface area (Å²) < 4.78 is 14.4. The highest BCUT2D eigenvalue weighted by atomic mass is 35.5. The molecule has 0 aliphatic heterocycles. The number of benzene rings is 2. The van der Waals surface area contributed by atoms with E-state index in [-0.39, 0.29) is 18.2 Å². The number of rotatable bonds is 9. The topological polar surface area (TPSA) is 105 Å². The summed E-state index contributed by atoms with van der Waals surface area (Å²) in [5.74, 6) is -4.55. The van der Waals surface area contributed by atoms with Crippen molar-refractivity contribution in [1.29, 1.82) is 0 Å². The minimum atomic E-state index is -1.49. The van der Waals surface area contributed by atoms with Gasteiger partial charge in [0.2, 0.25) is 11.8 Å². The molecule has 9 heteroatoms. The van der Waals surface area contributed by atoms with Crippen LogP contribution in [-0.4, -0.2) is 46.0 Å². The molecule has 0 saturated heterocycles. The van der Waals surface area contributed by atoms with Crippen LogP contribution in [0.25, 0.3) is 21.8 Å². The number of carboxylic acids is 1. The Bertz CT molecular complexity index is 1240. The SMILES string of the molecule is CC(C)C(CC(=O)n1c2ccccc2c2cc(Cl)ccc21)C(=O)NC(CC(=O)O)C(=O)CF. The van der Waals surface area contributed by atoms with Gasteiger partial charge in [0, 0.05) is 28.1 Å². The summed E-state index contributed by atoms with van der Waals surface area (Å²) in [6.07, 6.45) is -0.926. The van der Waals surface area contributed by atoms with Crippen LogP contribution in [0.1, 0.15) is 31.5 Å². The Hall–Kier alpha value is -3.26. The zero-order valence-corrected chi connectivity index (χ0v) is 18.9. The van der Waals surface area contributed by atoms with Gasteiger partial charge in [0.1, 0.15) is 12.7 Å². The monoisotopic (exact) mass is 474 g/mol. The number of nitrogens with zero attached hydrogens (tertiary/aromatic N) is 1. The lowest BCUT2D eigenvalue weighted by molar-refractivity contribution is -0.140. The van der Waals surface area contributed by atoms with Gasteiger partial charge < -0.3 is 10.4 Å². The summed E-state index contributed by atoms with van der Waals surface area (Å²) in [6.45, 7) is 2.09. The highest BCUT2D eigenvalue weighted by Gasteiger charge is 2.31. The maximum Gasteiger partial charge on any atom is 0.305 e. The Balaban J connectivity index is 1.93. The molecule has 0 radical (unpaired) electrons. The molecule has 7 nitrogen and oxygen atoms in total. The molecule has 2 aromatic carbocycles. The summed E-state index contributed by atoms with van der Waals surface area (Å²) in [7, 11) is 0. The first-order valence-electron chi connectivity index (χ1n) is 10.5. The zero-order chi connectivity index (χ0) is 24.3. The Morgan fingerprint density at radius 1 is 1.03 bits per heavy atom. The number of aliphatic carboxylic acids is 1. The zero-order valence-electron chi connectivity index (χ0n) is 18.2. The Morgan fingerprint density at radius 2 is 1.70 bits per heavy atom. The number of ketones is 1. The maximum atomic E-state index is 13.4. The van der Waals surface area contributed by atoms with E-state index in [1.807, 2.05) is 12.1 Å². The summed E-state index contributed by atoms with van der Waals surface area (Å²) in [5, 5.41) is 13.5. The number of carbonyl (C=O) groups excluding carboxylic acids is 3. The summed E-state index contributed by atoms with van der Waals surface area (Å²) in [4.78, 5) is 49.1. The van der Waals surface area contributed by atoms with Crippen LogP contribution in [0.5, 0.6) is 0 Å². The smallest absolute Gasteiger partial charge is 0.305 e. The first-order chi connectivity index (χ1) is 15.6. The second-order valence-electron chi connectivity index (χ2n) is 8.22. The predicted molar refractivity (Wildman–Crippen MR) is 123 cm³/mol. The van der Waals surface area contributed by atoms with Crippen LogP contribution in [0.3, 0.4) is 0 Å². The van der Waals surface area contributed by atoms with Gasteiger partial charge in [-0.15, -0.1) is 0 Å². The molecule has 0 aliphatic rings. The van der Waals surface area contributed by atoms with E-state index in [1.165, 1.54) is 4.57 Å². The number of nitrogens with one attached hydrogen (secondary N) is 1. The summed E-state index contributed by atoms with van der Waals surface area (Å²) in [6, 6.07) is 11.0. The Labute approximate surface area is 194 Å². The number of fused-ring (bicyclic) bond motifs is 3. The molecule has 2 unspecified atom stereocenters. The minimum Gasteiger partial charge on any atom is -0.481 e.